The molecule has 0 spiro atoms. The molecule has 30 heavy (non-hydrogen) atoms. The van der Waals surface area contributed by atoms with E-state index in [1.807, 2.05) is 30.3 Å². The first-order valence-electron chi connectivity index (χ1n) is 10.1. The van der Waals surface area contributed by atoms with Crippen molar-refractivity contribution in [2.24, 2.45) is 5.92 Å². The Labute approximate surface area is 175 Å². The van der Waals surface area contributed by atoms with Gasteiger partial charge in [0.25, 0.3) is 0 Å². The highest BCUT2D eigenvalue weighted by Gasteiger charge is 2.46. The maximum absolute atomic E-state index is 10.6. The van der Waals surface area contributed by atoms with Crippen molar-refractivity contribution in [3.8, 4) is 22.7 Å². The lowest BCUT2D eigenvalue weighted by molar-refractivity contribution is 0.433. The fraction of sp³-hybridized carbons (Fsp3) is 0.208. The lowest BCUT2D eigenvalue weighted by Crippen LogP contribution is -2.27. The number of benzene rings is 2. The van der Waals surface area contributed by atoms with Crippen LogP contribution in [0.15, 0.2) is 73.1 Å². The molecule has 1 unspecified atom stereocenters. The Morgan fingerprint density at radius 1 is 0.967 bits per heavy atom. The van der Waals surface area contributed by atoms with E-state index in [9.17, 15) is 5.11 Å². The van der Waals surface area contributed by atoms with Crippen LogP contribution in [0.4, 0.5) is 5.95 Å². The third-order valence-electron chi connectivity index (χ3n) is 6.11. The Kier molecular flexibility index (Phi) is 4.28. The first-order valence-corrected chi connectivity index (χ1v) is 10.1. The molecule has 1 saturated carbocycles. The van der Waals surface area contributed by atoms with E-state index >= 15 is 0 Å². The van der Waals surface area contributed by atoms with Crippen LogP contribution in [0.1, 0.15) is 31.0 Å². The second-order valence-electron chi connectivity index (χ2n) is 8.02. The van der Waals surface area contributed by atoms with Gasteiger partial charge in [0.1, 0.15) is 0 Å². The molecule has 4 aromatic rings. The summed E-state index contributed by atoms with van der Waals surface area (Å²) < 4.78 is 1.61. The van der Waals surface area contributed by atoms with E-state index in [0.717, 1.165) is 35.3 Å². The van der Waals surface area contributed by atoms with E-state index in [1.54, 1.807) is 23.1 Å². The summed E-state index contributed by atoms with van der Waals surface area (Å²) in [5.74, 6) is 0.922. The number of nitrogens with zero attached hydrogens (tertiary/aromatic N) is 4. The topological polar surface area (TPSA) is 89.9 Å². The largest absolute Gasteiger partial charge is 0.493 e. The summed E-state index contributed by atoms with van der Waals surface area (Å²) in [6.07, 6.45) is 5.78. The molecule has 6 nitrogen and oxygen atoms in total. The standard InChI is InChI=1S/C24H23N5O/c1-24(19-11-12-19,21-13-22(30)29(28-21)20-5-3-2-4-6-20)18-9-7-16(8-10-18)17-14-26-23(25)27-15-17/h2-10,13-15,19,30H,11-12H2,1H3,(H2,25,26,27). The zero-order valence-corrected chi connectivity index (χ0v) is 16.7. The molecule has 150 valence electrons. The van der Waals surface area contributed by atoms with E-state index < -0.39 is 0 Å². The van der Waals surface area contributed by atoms with Gasteiger partial charge in [0.2, 0.25) is 11.8 Å². The molecule has 2 aromatic heterocycles. The van der Waals surface area contributed by atoms with Gasteiger partial charge >= 0.3 is 0 Å². The Morgan fingerprint density at radius 2 is 1.63 bits per heavy atom. The van der Waals surface area contributed by atoms with Crippen LogP contribution in [-0.2, 0) is 5.41 Å². The van der Waals surface area contributed by atoms with Crippen LogP contribution in [0.3, 0.4) is 0 Å². The number of aromatic hydroxyl groups is 1. The van der Waals surface area contributed by atoms with Gasteiger partial charge in [0, 0.05) is 29.4 Å². The Bertz CT molecular complexity index is 1160. The van der Waals surface area contributed by atoms with Crippen LogP contribution < -0.4 is 5.73 Å². The highest BCUT2D eigenvalue weighted by atomic mass is 16.3. The van der Waals surface area contributed by atoms with Gasteiger partial charge in [-0.15, -0.1) is 0 Å². The maximum atomic E-state index is 10.6. The average Bonchev–Trinajstić information content (AvgIpc) is 3.57. The predicted octanol–water partition coefficient (Wildman–Crippen LogP) is 4.33. The third kappa shape index (κ3) is 3.10. The Hall–Kier alpha value is -3.67. The second-order valence-corrected chi connectivity index (χ2v) is 8.02. The molecule has 0 aliphatic heterocycles. The first kappa shape index (κ1) is 18.4. The number of rotatable bonds is 5. The molecule has 0 bridgehead atoms. The first-order chi connectivity index (χ1) is 14.6. The van der Waals surface area contributed by atoms with E-state index in [0.29, 0.717) is 5.92 Å². The summed E-state index contributed by atoms with van der Waals surface area (Å²) >= 11 is 0. The normalized spacial score (nSPS) is 15.6. The molecular formula is C24H23N5O. The molecule has 0 radical (unpaired) electrons. The molecule has 1 atom stereocenters. The average molecular weight is 397 g/mol. The van der Waals surface area contributed by atoms with Gasteiger partial charge in [0.15, 0.2) is 0 Å². The molecule has 5 rings (SSSR count). The van der Waals surface area contributed by atoms with Crippen LogP contribution in [-0.4, -0.2) is 24.9 Å². The lowest BCUT2D eigenvalue weighted by atomic mass is 9.75. The van der Waals surface area contributed by atoms with E-state index in [4.69, 9.17) is 10.8 Å². The van der Waals surface area contributed by atoms with E-state index in [1.165, 1.54) is 5.56 Å². The number of nitrogens with two attached hydrogens (primary N) is 1. The summed E-state index contributed by atoms with van der Waals surface area (Å²) in [6, 6.07) is 20.0. The van der Waals surface area contributed by atoms with Crippen LogP contribution in [0.5, 0.6) is 5.88 Å². The summed E-state index contributed by atoms with van der Waals surface area (Å²) in [6.45, 7) is 2.23. The number of hydrogen-bond donors (Lipinski definition) is 2. The van der Waals surface area contributed by atoms with Crippen LogP contribution in [0.2, 0.25) is 0 Å². The van der Waals surface area contributed by atoms with E-state index in [-0.39, 0.29) is 17.2 Å². The molecule has 6 heteroatoms. The van der Waals surface area contributed by atoms with Crippen molar-refractivity contribution in [2.75, 3.05) is 5.73 Å². The van der Waals surface area contributed by atoms with Gasteiger partial charge < -0.3 is 10.8 Å². The zero-order chi connectivity index (χ0) is 20.7. The van der Waals surface area contributed by atoms with Crippen molar-refractivity contribution in [2.45, 2.75) is 25.2 Å². The highest BCUT2D eigenvalue weighted by Crippen LogP contribution is 2.51. The molecule has 3 N–H and O–H groups in total. The van der Waals surface area contributed by atoms with Crippen molar-refractivity contribution in [1.82, 2.24) is 19.7 Å². The van der Waals surface area contributed by atoms with Gasteiger partial charge in [-0.2, -0.15) is 5.10 Å². The number of hydrogen-bond acceptors (Lipinski definition) is 5. The van der Waals surface area contributed by atoms with Crippen LogP contribution >= 0.6 is 0 Å². The summed E-state index contributed by atoms with van der Waals surface area (Å²) in [5, 5.41) is 15.4. The van der Waals surface area contributed by atoms with Crippen molar-refractivity contribution >= 4 is 5.95 Å². The summed E-state index contributed by atoms with van der Waals surface area (Å²) in [7, 11) is 0. The SMILES string of the molecule is CC(c1ccc(-c2cnc(N)nc2)cc1)(c1cc(O)n(-c2ccccc2)n1)C1CC1. The van der Waals surface area contributed by atoms with Crippen molar-refractivity contribution < 1.29 is 5.11 Å². The van der Waals surface area contributed by atoms with Gasteiger partial charge in [-0.05, 0) is 48.9 Å². The Morgan fingerprint density at radius 3 is 2.27 bits per heavy atom. The second kappa shape index (κ2) is 6.99. The minimum absolute atomic E-state index is 0.152. The zero-order valence-electron chi connectivity index (χ0n) is 16.7. The van der Waals surface area contributed by atoms with Gasteiger partial charge in [0.05, 0.1) is 11.4 Å². The quantitative estimate of drug-likeness (QED) is 0.523. The fourth-order valence-electron chi connectivity index (χ4n) is 4.13. The van der Waals surface area contributed by atoms with E-state index in [2.05, 4.69) is 41.2 Å². The molecule has 0 saturated heterocycles. The maximum Gasteiger partial charge on any atom is 0.219 e. The molecule has 2 aromatic carbocycles. The van der Waals surface area contributed by atoms with Crippen molar-refractivity contribution in [3.05, 3.63) is 84.3 Å². The lowest BCUT2D eigenvalue weighted by Gasteiger charge is -2.28. The molecule has 0 amide bonds. The number of anilines is 1. The third-order valence-corrected chi connectivity index (χ3v) is 6.11. The number of nitrogen functional groups attached to an aromatic ring is 1. The minimum atomic E-state index is -0.270. The smallest absolute Gasteiger partial charge is 0.219 e. The minimum Gasteiger partial charge on any atom is -0.493 e. The predicted molar refractivity (Wildman–Crippen MR) is 116 cm³/mol. The monoisotopic (exact) mass is 397 g/mol. The number of aromatic nitrogens is 4. The fourth-order valence-corrected chi connectivity index (χ4v) is 4.13. The molecule has 1 aliphatic rings. The molecule has 1 fully saturated rings. The van der Waals surface area contributed by atoms with Gasteiger partial charge in [-0.3, -0.25) is 0 Å². The number of para-hydroxylation sites is 1. The molecular weight excluding hydrogens is 374 g/mol. The Balaban J connectivity index is 1.53. The van der Waals surface area contributed by atoms with Crippen LogP contribution in [0, 0.1) is 5.92 Å². The molecule has 2 heterocycles. The highest BCUT2D eigenvalue weighted by molar-refractivity contribution is 5.63. The van der Waals surface area contributed by atoms with Crippen molar-refractivity contribution in [3.63, 3.8) is 0 Å². The van der Waals surface area contributed by atoms with Crippen molar-refractivity contribution in [1.29, 1.82) is 0 Å². The van der Waals surface area contributed by atoms with Crippen LogP contribution in [0.25, 0.3) is 16.8 Å². The van der Waals surface area contributed by atoms with Gasteiger partial charge in [-0.1, -0.05) is 42.5 Å². The molecule has 1 aliphatic carbocycles. The summed E-state index contributed by atoms with van der Waals surface area (Å²) in [4.78, 5) is 8.16. The van der Waals surface area contributed by atoms with Gasteiger partial charge in [-0.25, -0.2) is 14.6 Å². The summed E-state index contributed by atoms with van der Waals surface area (Å²) in [5.41, 5.74) is 10.2.